The van der Waals surface area contributed by atoms with Gasteiger partial charge in [-0.2, -0.15) is 0 Å². The molecule has 5 N–H and O–H groups in total. The maximum absolute atomic E-state index is 12.5. The SMILES string of the molecule is CSc1ccc(NC(=O)O[C@H](C/C=C/C(=O)Nc2ccccc2N)c2ccc(O)cc2)cc1. The molecule has 0 fully saturated rings. The number of nitrogens with two attached hydrogens (primary N) is 1. The lowest BCUT2D eigenvalue weighted by Gasteiger charge is -2.17. The minimum absolute atomic E-state index is 0.103. The molecule has 3 aromatic rings. The molecule has 33 heavy (non-hydrogen) atoms. The van der Waals surface area contributed by atoms with Crippen molar-refractivity contribution >= 4 is 40.8 Å². The predicted molar refractivity (Wildman–Crippen MR) is 132 cm³/mol. The zero-order valence-electron chi connectivity index (χ0n) is 18.0. The minimum Gasteiger partial charge on any atom is -0.508 e. The highest BCUT2D eigenvalue weighted by molar-refractivity contribution is 7.98. The number of nitrogen functional groups attached to an aromatic ring is 1. The van der Waals surface area contributed by atoms with Crippen LogP contribution in [0.15, 0.2) is 89.8 Å². The van der Waals surface area contributed by atoms with E-state index in [1.54, 1.807) is 66.4 Å². The van der Waals surface area contributed by atoms with Gasteiger partial charge in [-0.3, -0.25) is 10.1 Å². The summed E-state index contributed by atoms with van der Waals surface area (Å²) >= 11 is 1.61. The van der Waals surface area contributed by atoms with Gasteiger partial charge >= 0.3 is 6.09 Å². The van der Waals surface area contributed by atoms with Crippen molar-refractivity contribution in [3.8, 4) is 5.75 Å². The van der Waals surface area contributed by atoms with Crippen molar-refractivity contribution in [3.63, 3.8) is 0 Å². The Hall–Kier alpha value is -3.91. The molecule has 0 bridgehead atoms. The van der Waals surface area contributed by atoms with Gasteiger partial charge in [0, 0.05) is 17.0 Å². The first-order chi connectivity index (χ1) is 15.9. The molecule has 2 amide bonds. The molecular weight excluding hydrogens is 438 g/mol. The first-order valence-electron chi connectivity index (χ1n) is 10.2. The van der Waals surface area contributed by atoms with E-state index >= 15 is 0 Å². The molecule has 1 atom stereocenters. The Labute approximate surface area is 196 Å². The first-order valence-corrected chi connectivity index (χ1v) is 11.4. The first kappa shape index (κ1) is 23.7. The third-order valence-corrected chi connectivity index (χ3v) is 5.43. The van der Waals surface area contributed by atoms with Gasteiger partial charge in [-0.25, -0.2) is 4.79 Å². The number of anilines is 3. The van der Waals surface area contributed by atoms with Crippen LogP contribution < -0.4 is 16.4 Å². The topological polar surface area (TPSA) is 114 Å². The highest BCUT2D eigenvalue weighted by atomic mass is 32.2. The maximum atomic E-state index is 12.5. The Morgan fingerprint density at radius 3 is 2.39 bits per heavy atom. The molecule has 0 spiro atoms. The summed E-state index contributed by atoms with van der Waals surface area (Å²) in [5.41, 5.74) is 8.11. The second kappa shape index (κ2) is 11.6. The number of rotatable bonds is 8. The van der Waals surface area contributed by atoms with Crippen LogP contribution in [-0.2, 0) is 9.53 Å². The van der Waals surface area contributed by atoms with Crippen molar-refractivity contribution in [2.24, 2.45) is 0 Å². The summed E-state index contributed by atoms with van der Waals surface area (Å²) in [5.74, 6) is -0.248. The van der Waals surface area contributed by atoms with E-state index in [9.17, 15) is 14.7 Å². The molecule has 7 nitrogen and oxygen atoms in total. The molecule has 0 saturated carbocycles. The summed E-state index contributed by atoms with van der Waals surface area (Å²) in [5, 5.41) is 15.0. The van der Waals surface area contributed by atoms with Crippen molar-refractivity contribution in [1.29, 1.82) is 0 Å². The number of benzene rings is 3. The molecule has 3 rings (SSSR count). The molecule has 0 unspecified atom stereocenters. The number of phenols is 1. The normalized spacial score (nSPS) is 11.7. The van der Waals surface area contributed by atoms with E-state index in [1.165, 1.54) is 18.2 Å². The summed E-state index contributed by atoms with van der Waals surface area (Å²) in [6, 6.07) is 20.7. The molecule has 0 heterocycles. The van der Waals surface area contributed by atoms with Crippen LogP contribution in [0.3, 0.4) is 0 Å². The van der Waals surface area contributed by atoms with Crippen LogP contribution in [-0.4, -0.2) is 23.4 Å². The van der Waals surface area contributed by atoms with Gasteiger partial charge in [-0.15, -0.1) is 11.8 Å². The summed E-state index contributed by atoms with van der Waals surface area (Å²) in [4.78, 5) is 25.8. The lowest BCUT2D eigenvalue weighted by atomic mass is 10.1. The Bertz CT molecular complexity index is 1120. The Morgan fingerprint density at radius 2 is 1.73 bits per heavy atom. The summed E-state index contributed by atoms with van der Waals surface area (Å²) in [6.45, 7) is 0. The zero-order valence-corrected chi connectivity index (χ0v) is 18.8. The lowest BCUT2D eigenvalue weighted by molar-refractivity contribution is -0.111. The van der Waals surface area contributed by atoms with Crippen LogP contribution >= 0.6 is 11.8 Å². The summed E-state index contributed by atoms with van der Waals surface area (Å²) in [7, 11) is 0. The van der Waals surface area contributed by atoms with E-state index in [2.05, 4.69) is 10.6 Å². The van der Waals surface area contributed by atoms with Crippen molar-refractivity contribution in [2.75, 3.05) is 22.6 Å². The van der Waals surface area contributed by atoms with Gasteiger partial charge in [0.05, 0.1) is 11.4 Å². The monoisotopic (exact) mass is 463 g/mol. The van der Waals surface area contributed by atoms with Crippen LogP contribution in [0, 0.1) is 0 Å². The number of carbonyl (C=O) groups excluding carboxylic acids is 2. The molecule has 0 aromatic heterocycles. The largest absolute Gasteiger partial charge is 0.508 e. The van der Waals surface area contributed by atoms with Gasteiger partial charge in [-0.1, -0.05) is 30.3 Å². The molecule has 0 aliphatic rings. The number of para-hydroxylation sites is 2. The molecular formula is C25H25N3O4S. The van der Waals surface area contributed by atoms with Crippen LogP contribution in [0.4, 0.5) is 21.9 Å². The van der Waals surface area contributed by atoms with E-state index in [1.807, 2.05) is 18.4 Å². The molecule has 170 valence electrons. The third-order valence-electron chi connectivity index (χ3n) is 4.69. The number of amides is 2. The van der Waals surface area contributed by atoms with E-state index in [0.717, 1.165) is 4.90 Å². The minimum atomic E-state index is -0.665. The fourth-order valence-corrected chi connectivity index (χ4v) is 3.38. The molecule has 3 aromatic carbocycles. The lowest BCUT2D eigenvalue weighted by Crippen LogP contribution is -2.17. The number of nitrogens with one attached hydrogen (secondary N) is 2. The van der Waals surface area contributed by atoms with Gasteiger partial charge in [-0.05, 0) is 66.4 Å². The van der Waals surface area contributed by atoms with Crippen molar-refractivity contribution in [2.45, 2.75) is 17.4 Å². The second-order valence-electron chi connectivity index (χ2n) is 7.05. The molecule has 0 saturated heterocycles. The highest BCUT2D eigenvalue weighted by Gasteiger charge is 2.16. The molecule has 0 radical (unpaired) electrons. The number of hydrogen-bond donors (Lipinski definition) is 4. The van der Waals surface area contributed by atoms with Crippen molar-refractivity contribution in [3.05, 3.63) is 90.5 Å². The van der Waals surface area contributed by atoms with Gasteiger partial charge in [0.2, 0.25) is 5.91 Å². The maximum Gasteiger partial charge on any atom is 0.412 e. The standard InChI is InChI=1S/C25H25N3O4S/c1-33-20-15-11-18(12-16-20)27-25(31)32-23(17-9-13-19(29)14-10-17)7-4-8-24(30)28-22-6-3-2-5-21(22)26/h2-6,8-16,23,29H,7,26H2,1H3,(H,27,31)(H,28,30)/b8-4+/t23-/m1/s1. The van der Waals surface area contributed by atoms with E-state index in [4.69, 9.17) is 10.5 Å². The second-order valence-corrected chi connectivity index (χ2v) is 7.93. The van der Waals surface area contributed by atoms with Crippen LogP contribution in [0.1, 0.15) is 18.1 Å². The Kier molecular flexibility index (Phi) is 8.37. The van der Waals surface area contributed by atoms with Gasteiger partial charge in [0.1, 0.15) is 11.9 Å². The number of aromatic hydroxyl groups is 1. The fraction of sp³-hybridized carbons (Fsp3) is 0.120. The van der Waals surface area contributed by atoms with Crippen LogP contribution in [0.5, 0.6) is 5.75 Å². The van der Waals surface area contributed by atoms with Gasteiger partial charge in [0.15, 0.2) is 0 Å². The van der Waals surface area contributed by atoms with Crippen LogP contribution in [0.25, 0.3) is 0 Å². The number of phenolic OH excluding ortho intramolecular Hbond substituents is 1. The number of hydrogen-bond acceptors (Lipinski definition) is 6. The third kappa shape index (κ3) is 7.33. The van der Waals surface area contributed by atoms with Gasteiger partial charge in [0.25, 0.3) is 0 Å². The van der Waals surface area contributed by atoms with E-state index in [0.29, 0.717) is 22.6 Å². The van der Waals surface area contributed by atoms with Crippen LogP contribution in [0.2, 0.25) is 0 Å². The summed E-state index contributed by atoms with van der Waals surface area (Å²) < 4.78 is 5.62. The predicted octanol–water partition coefficient (Wildman–Crippen LogP) is 5.57. The highest BCUT2D eigenvalue weighted by Crippen LogP contribution is 2.25. The molecule has 0 aliphatic heterocycles. The van der Waals surface area contributed by atoms with E-state index < -0.39 is 12.2 Å². The molecule has 8 heteroatoms. The summed E-state index contributed by atoms with van der Waals surface area (Å²) in [6.07, 6.45) is 3.92. The average Bonchev–Trinajstić information content (AvgIpc) is 2.81. The molecule has 0 aliphatic carbocycles. The number of thioether (sulfide) groups is 1. The number of carbonyl (C=O) groups is 2. The quantitative estimate of drug-likeness (QED) is 0.197. The Morgan fingerprint density at radius 1 is 1.03 bits per heavy atom. The number of ether oxygens (including phenoxy) is 1. The van der Waals surface area contributed by atoms with E-state index in [-0.39, 0.29) is 18.1 Å². The van der Waals surface area contributed by atoms with Crippen molar-refractivity contribution in [1.82, 2.24) is 0 Å². The zero-order chi connectivity index (χ0) is 23.6. The smallest absolute Gasteiger partial charge is 0.412 e. The Balaban J connectivity index is 1.65. The van der Waals surface area contributed by atoms with Crippen molar-refractivity contribution < 1.29 is 19.4 Å². The van der Waals surface area contributed by atoms with Gasteiger partial charge < -0.3 is 20.9 Å². The average molecular weight is 464 g/mol. The fourth-order valence-electron chi connectivity index (χ4n) is 2.98.